The van der Waals surface area contributed by atoms with Gasteiger partial charge in [-0.3, -0.25) is 0 Å². The van der Waals surface area contributed by atoms with Gasteiger partial charge in [-0.15, -0.1) is 0 Å². The Kier molecular flexibility index (Phi) is 5.43. The quantitative estimate of drug-likeness (QED) is 0.854. The Bertz CT molecular complexity index is 401. The minimum Gasteiger partial charge on any atom is -0.383 e. The maximum atomic E-state index is 5.30. The Morgan fingerprint density at radius 2 is 2.00 bits per heavy atom. The lowest BCUT2D eigenvalue weighted by atomic mass is 9.75. The van der Waals surface area contributed by atoms with Crippen LogP contribution in [0.1, 0.15) is 38.2 Å². The highest BCUT2D eigenvalue weighted by Gasteiger charge is 2.33. The van der Waals surface area contributed by atoms with Crippen LogP contribution in [0.3, 0.4) is 0 Å². The van der Waals surface area contributed by atoms with Crippen molar-refractivity contribution in [2.24, 2.45) is 5.92 Å². The van der Waals surface area contributed by atoms with Gasteiger partial charge in [-0.05, 0) is 36.3 Å². The van der Waals surface area contributed by atoms with E-state index in [1.54, 1.807) is 7.11 Å². The molecule has 0 heterocycles. The van der Waals surface area contributed by atoms with E-state index in [0.717, 1.165) is 6.61 Å². The third-order valence-corrected chi connectivity index (χ3v) is 4.81. The highest BCUT2D eigenvalue weighted by atomic mass is 79.9. The van der Waals surface area contributed by atoms with E-state index in [0.29, 0.717) is 23.9 Å². The van der Waals surface area contributed by atoms with Gasteiger partial charge < -0.3 is 10.1 Å². The molecule has 2 rings (SSSR count). The third-order valence-electron chi connectivity index (χ3n) is 4.08. The maximum Gasteiger partial charge on any atom is 0.0618 e. The number of rotatable bonds is 6. The molecule has 19 heavy (non-hydrogen) atoms. The molecule has 0 amide bonds. The van der Waals surface area contributed by atoms with Crippen molar-refractivity contribution in [2.75, 3.05) is 13.7 Å². The average molecular weight is 326 g/mol. The van der Waals surface area contributed by atoms with Crippen molar-refractivity contribution in [2.45, 2.75) is 44.7 Å². The van der Waals surface area contributed by atoms with Crippen LogP contribution in [0.2, 0.25) is 0 Å². The summed E-state index contributed by atoms with van der Waals surface area (Å²) in [6.07, 6.45) is 2.46. The Morgan fingerprint density at radius 1 is 1.32 bits per heavy atom. The Morgan fingerprint density at radius 3 is 2.58 bits per heavy atom. The number of nitrogens with one attached hydrogen (secondary N) is 1. The molecule has 0 bridgehead atoms. The average Bonchev–Trinajstić information content (AvgIpc) is 2.33. The van der Waals surface area contributed by atoms with Crippen LogP contribution in [0.4, 0.5) is 0 Å². The fourth-order valence-electron chi connectivity index (χ4n) is 2.73. The second-order valence-electron chi connectivity index (χ2n) is 5.86. The van der Waals surface area contributed by atoms with E-state index in [-0.39, 0.29) is 0 Å². The summed E-state index contributed by atoms with van der Waals surface area (Å²) in [5.74, 6) is 1.31. The van der Waals surface area contributed by atoms with Gasteiger partial charge in [-0.2, -0.15) is 0 Å². The fraction of sp³-hybridized carbons (Fsp3) is 0.625. The molecule has 1 N–H and O–H groups in total. The standard InChI is InChI=1S/C16H24BrNO/c1-11(2)16(10-19-3)18-13-8-12(9-13)14-6-4-5-7-15(14)17/h4-7,11-13,16,18H,8-10H2,1-3H3. The summed E-state index contributed by atoms with van der Waals surface area (Å²) in [4.78, 5) is 0. The number of halogens is 1. The van der Waals surface area contributed by atoms with Crippen LogP contribution >= 0.6 is 15.9 Å². The first-order chi connectivity index (χ1) is 9.11. The van der Waals surface area contributed by atoms with E-state index < -0.39 is 0 Å². The molecule has 2 nitrogen and oxygen atoms in total. The lowest BCUT2D eigenvalue weighted by Crippen LogP contribution is -2.49. The van der Waals surface area contributed by atoms with Gasteiger partial charge in [0.05, 0.1) is 6.61 Å². The van der Waals surface area contributed by atoms with E-state index in [9.17, 15) is 0 Å². The van der Waals surface area contributed by atoms with E-state index >= 15 is 0 Å². The van der Waals surface area contributed by atoms with Gasteiger partial charge in [0.15, 0.2) is 0 Å². The first-order valence-electron chi connectivity index (χ1n) is 7.11. The first-order valence-corrected chi connectivity index (χ1v) is 7.90. The van der Waals surface area contributed by atoms with Crippen molar-refractivity contribution < 1.29 is 4.74 Å². The molecule has 106 valence electrons. The number of benzene rings is 1. The van der Waals surface area contributed by atoms with Gasteiger partial charge in [0.2, 0.25) is 0 Å². The van der Waals surface area contributed by atoms with Gasteiger partial charge in [0.1, 0.15) is 0 Å². The zero-order chi connectivity index (χ0) is 13.8. The lowest BCUT2D eigenvalue weighted by Gasteiger charge is -2.40. The van der Waals surface area contributed by atoms with Gasteiger partial charge in [-0.25, -0.2) is 0 Å². The highest BCUT2D eigenvalue weighted by Crippen LogP contribution is 2.40. The molecule has 0 radical (unpaired) electrons. The molecule has 1 atom stereocenters. The summed E-state index contributed by atoms with van der Waals surface area (Å²) in [7, 11) is 1.78. The van der Waals surface area contributed by atoms with Crippen LogP contribution < -0.4 is 5.32 Å². The van der Waals surface area contributed by atoms with E-state index in [1.807, 2.05) is 0 Å². The molecule has 1 saturated carbocycles. The number of methoxy groups -OCH3 is 1. The van der Waals surface area contributed by atoms with Gasteiger partial charge >= 0.3 is 0 Å². The second-order valence-corrected chi connectivity index (χ2v) is 6.71. The molecule has 1 aromatic rings. The van der Waals surface area contributed by atoms with Gasteiger partial charge in [0.25, 0.3) is 0 Å². The van der Waals surface area contributed by atoms with Crippen molar-refractivity contribution in [3.63, 3.8) is 0 Å². The monoisotopic (exact) mass is 325 g/mol. The molecular formula is C16H24BrNO. The van der Waals surface area contributed by atoms with Crippen molar-refractivity contribution in [3.05, 3.63) is 34.3 Å². The predicted molar refractivity (Wildman–Crippen MR) is 83.5 cm³/mol. The van der Waals surface area contributed by atoms with E-state index in [4.69, 9.17) is 4.74 Å². The fourth-order valence-corrected chi connectivity index (χ4v) is 3.34. The number of hydrogen-bond donors (Lipinski definition) is 1. The number of hydrogen-bond acceptors (Lipinski definition) is 2. The zero-order valence-electron chi connectivity index (χ0n) is 12.0. The highest BCUT2D eigenvalue weighted by molar-refractivity contribution is 9.10. The summed E-state index contributed by atoms with van der Waals surface area (Å²) in [5, 5.41) is 3.73. The SMILES string of the molecule is COCC(NC1CC(c2ccccc2Br)C1)C(C)C. The van der Waals surface area contributed by atoms with Crippen LogP contribution in [0.25, 0.3) is 0 Å². The van der Waals surface area contributed by atoms with E-state index in [2.05, 4.69) is 59.4 Å². The summed E-state index contributed by atoms with van der Waals surface area (Å²) < 4.78 is 6.54. The Hall–Kier alpha value is -0.380. The Labute approximate surface area is 125 Å². The van der Waals surface area contributed by atoms with Crippen molar-refractivity contribution >= 4 is 15.9 Å². The molecule has 1 fully saturated rings. The third kappa shape index (κ3) is 3.80. The van der Waals surface area contributed by atoms with Crippen LogP contribution in [0.5, 0.6) is 0 Å². The minimum absolute atomic E-state index is 0.468. The molecule has 1 aliphatic rings. The lowest BCUT2D eigenvalue weighted by molar-refractivity contribution is 0.126. The molecular weight excluding hydrogens is 302 g/mol. The number of ether oxygens (including phenoxy) is 1. The Balaban J connectivity index is 1.84. The molecule has 0 aromatic heterocycles. The van der Waals surface area contributed by atoms with Crippen LogP contribution in [-0.4, -0.2) is 25.8 Å². The molecule has 0 saturated heterocycles. The van der Waals surface area contributed by atoms with Crippen LogP contribution in [-0.2, 0) is 4.74 Å². The molecule has 0 aliphatic heterocycles. The van der Waals surface area contributed by atoms with Crippen LogP contribution in [0, 0.1) is 5.92 Å². The first kappa shape index (κ1) is 15.0. The summed E-state index contributed by atoms with van der Waals surface area (Å²) in [5.41, 5.74) is 1.45. The maximum absolute atomic E-state index is 5.30. The smallest absolute Gasteiger partial charge is 0.0618 e. The van der Waals surface area contributed by atoms with Crippen molar-refractivity contribution in [3.8, 4) is 0 Å². The summed E-state index contributed by atoms with van der Waals surface area (Å²) in [6, 6.07) is 9.69. The molecule has 1 unspecified atom stereocenters. The van der Waals surface area contributed by atoms with Crippen molar-refractivity contribution in [1.29, 1.82) is 0 Å². The summed E-state index contributed by atoms with van der Waals surface area (Å²) >= 11 is 3.65. The molecule has 3 heteroatoms. The van der Waals surface area contributed by atoms with Gasteiger partial charge in [0, 0.05) is 23.7 Å². The zero-order valence-corrected chi connectivity index (χ0v) is 13.6. The largest absolute Gasteiger partial charge is 0.383 e. The molecule has 1 aliphatic carbocycles. The minimum atomic E-state index is 0.468. The van der Waals surface area contributed by atoms with Crippen molar-refractivity contribution in [1.82, 2.24) is 5.32 Å². The van der Waals surface area contributed by atoms with Crippen LogP contribution in [0.15, 0.2) is 28.7 Å². The predicted octanol–water partition coefficient (Wildman–Crippen LogP) is 3.96. The van der Waals surface area contributed by atoms with E-state index in [1.165, 1.54) is 22.9 Å². The summed E-state index contributed by atoms with van der Waals surface area (Å²) in [6.45, 7) is 5.30. The second kappa shape index (κ2) is 6.87. The molecule has 0 spiro atoms. The molecule has 1 aromatic carbocycles. The topological polar surface area (TPSA) is 21.3 Å². The normalized spacial score (nSPS) is 24.3. The van der Waals surface area contributed by atoms with Gasteiger partial charge in [-0.1, -0.05) is 48.0 Å².